The monoisotopic (exact) mass is 445 g/mol. The second kappa shape index (κ2) is 7.68. The predicted octanol–water partition coefficient (Wildman–Crippen LogP) is 0.647. The fraction of sp³-hybridized carbons (Fsp3) is 0.400. The minimum absolute atomic E-state index is 0.0773. The van der Waals surface area contributed by atoms with E-state index in [4.69, 9.17) is 4.74 Å². The molecule has 1 aromatic carbocycles. The molecule has 1 N–H and O–H groups in total. The van der Waals surface area contributed by atoms with Crippen molar-refractivity contribution in [3.8, 4) is 0 Å². The second-order valence-corrected chi connectivity index (χ2v) is 9.55. The first-order chi connectivity index (χ1) is 14.5. The van der Waals surface area contributed by atoms with Gasteiger partial charge in [-0.2, -0.15) is 0 Å². The van der Waals surface area contributed by atoms with Crippen LogP contribution in [0, 0.1) is 5.92 Å². The zero-order valence-corrected chi connectivity index (χ0v) is 17.5. The molecular weight excluding hydrogens is 426 g/mol. The average Bonchev–Trinajstić information content (AvgIpc) is 3.23. The number of aromatic nitrogens is 1. The Hall–Kier alpha value is -2.43. The molecule has 10 heteroatoms. The summed E-state index contributed by atoms with van der Waals surface area (Å²) < 4.78 is 6.75. The van der Waals surface area contributed by atoms with Gasteiger partial charge in [0.25, 0.3) is 0 Å². The molecule has 2 aromatic rings. The van der Waals surface area contributed by atoms with Gasteiger partial charge in [-0.3, -0.25) is 29.1 Å². The first kappa shape index (κ1) is 19.5. The summed E-state index contributed by atoms with van der Waals surface area (Å²) in [6.45, 7) is 1.90. The third-order valence-corrected chi connectivity index (χ3v) is 8.32. The number of fused-ring (bicyclic) bond motifs is 2. The molecule has 8 nitrogen and oxygen atoms in total. The highest BCUT2D eigenvalue weighted by Crippen LogP contribution is 2.51. The van der Waals surface area contributed by atoms with E-state index in [1.165, 1.54) is 16.3 Å². The molecule has 2 saturated heterocycles. The zero-order valence-electron chi connectivity index (χ0n) is 15.9. The van der Waals surface area contributed by atoms with Crippen LogP contribution in [0.15, 0.2) is 40.2 Å². The van der Waals surface area contributed by atoms with Gasteiger partial charge in [-0.15, -0.1) is 0 Å². The number of rotatable bonds is 3. The van der Waals surface area contributed by atoms with Crippen LogP contribution < -0.4 is 10.2 Å². The maximum absolute atomic E-state index is 12.9. The number of thioether (sulfide) groups is 1. The molecule has 0 radical (unpaired) electrons. The molecule has 3 amide bonds. The molecule has 3 aliphatic heterocycles. The first-order valence-electron chi connectivity index (χ1n) is 9.70. The van der Waals surface area contributed by atoms with Crippen LogP contribution in [0.5, 0.6) is 0 Å². The number of hydrogen-bond acceptors (Lipinski definition) is 7. The number of carbonyl (C=O) groups excluding carboxylic acids is 3. The fourth-order valence-electron chi connectivity index (χ4n) is 4.24. The van der Waals surface area contributed by atoms with Gasteiger partial charge in [-0.05, 0) is 5.56 Å². The van der Waals surface area contributed by atoms with Crippen molar-refractivity contribution < 1.29 is 19.1 Å². The highest BCUT2D eigenvalue weighted by Gasteiger charge is 2.52. The maximum atomic E-state index is 12.9. The van der Waals surface area contributed by atoms with E-state index < -0.39 is 17.1 Å². The summed E-state index contributed by atoms with van der Waals surface area (Å²) in [6.07, 6.45) is 0. The van der Waals surface area contributed by atoms with Gasteiger partial charge in [0.2, 0.25) is 17.7 Å². The molecule has 0 saturated carbocycles. The molecular formula is C20H19N3O5S2. The standard InChI is InChI=1S/C20H19N3O5S2/c24-12(22-6-8-28-9-7-22)10-23-19-16(30-20(23)27)13(11-4-2-1-3-5-11)14-15(29-19)18(26)21-17(14)25/h1-5,13-15H,6-10H2,(H,21,25,26)/t13-,14?,15?/m0/s1. The lowest BCUT2D eigenvalue weighted by Gasteiger charge is -2.31. The molecule has 0 aliphatic carbocycles. The van der Waals surface area contributed by atoms with E-state index in [-0.39, 0.29) is 29.1 Å². The van der Waals surface area contributed by atoms with Gasteiger partial charge in [0, 0.05) is 23.9 Å². The highest BCUT2D eigenvalue weighted by molar-refractivity contribution is 8.00. The second-order valence-electron chi connectivity index (χ2n) is 7.42. The summed E-state index contributed by atoms with van der Waals surface area (Å²) in [5.74, 6) is -1.76. The minimum atomic E-state index is -0.617. The van der Waals surface area contributed by atoms with E-state index in [0.717, 1.165) is 21.8 Å². The molecule has 2 fully saturated rings. The maximum Gasteiger partial charge on any atom is 0.308 e. The van der Waals surface area contributed by atoms with Gasteiger partial charge >= 0.3 is 4.87 Å². The minimum Gasteiger partial charge on any atom is -0.378 e. The molecule has 4 heterocycles. The van der Waals surface area contributed by atoms with Crippen LogP contribution in [-0.2, 0) is 25.7 Å². The van der Waals surface area contributed by atoms with E-state index >= 15 is 0 Å². The number of carbonyl (C=O) groups is 3. The summed E-state index contributed by atoms with van der Waals surface area (Å²) in [6, 6.07) is 9.45. The van der Waals surface area contributed by atoms with E-state index in [2.05, 4.69) is 5.32 Å². The van der Waals surface area contributed by atoms with Crippen molar-refractivity contribution >= 4 is 40.8 Å². The summed E-state index contributed by atoms with van der Waals surface area (Å²) in [7, 11) is 0. The van der Waals surface area contributed by atoms with Crippen LogP contribution in [0.4, 0.5) is 0 Å². The first-order valence-corrected chi connectivity index (χ1v) is 11.4. The Balaban J connectivity index is 1.56. The Kier molecular flexibility index (Phi) is 5.00. The number of ether oxygens (including phenoxy) is 1. The summed E-state index contributed by atoms with van der Waals surface area (Å²) in [5, 5.41) is 2.44. The largest absolute Gasteiger partial charge is 0.378 e. The smallest absolute Gasteiger partial charge is 0.308 e. The van der Waals surface area contributed by atoms with Crippen molar-refractivity contribution in [3.63, 3.8) is 0 Å². The Labute approximate surface area is 180 Å². The summed E-state index contributed by atoms with van der Waals surface area (Å²) in [5.41, 5.74) is 0.881. The number of hydrogen-bond donors (Lipinski definition) is 1. The van der Waals surface area contributed by atoms with Crippen molar-refractivity contribution in [1.82, 2.24) is 14.8 Å². The van der Waals surface area contributed by atoms with Gasteiger partial charge in [0.1, 0.15) is 11.8 Å². The number of morpholine rings is 1. The third-order valence-electron chi connectivity index (χ3n) is 5.70. The van der Waals surface area contributed by atoms with Crippen molar-refractivity contribution in [3.05, 3.63) is 50.4 Å². The third kappa shape index (κ3) is 3.19. The molecule has 2 unspecified atom stereocenters. The highest BCUT2D eigenvalue weighted by atomic mass is 32.2. The van der Waals surface area contributed by atoms with Crippen molar-refractivity contribution in [2.75, 3.05) is 26.3 Å². The number of amides is 3. The summed E-state index contributed by atoms with van der Waals surface area (Å²) in [4.78, 5) is 52.9. The Morgan fingerprint density at radius 1 is 1.10 bits per heavy atom. The molecule has 0 spiro atoms. The van der Waals surface area contributed by atoms with Gasteiger partial charge in [-0.1, -0.05) is 53.4 Å². The zero-order chi connectivity index (χ0) is 20.8. The van der Waals surface area contributed by atoms with Gasteiger partial charge in [0.15, 0.2) is 0 Å². The van der Waals surface area contributed by atoms with Crippen LogP contribution in [0.2, 0.25) is 0 Å². The fourth-order valence-corrected chi connectivity index (χ4v) is 6.98. The number of imide groups is 1. The number of thiazole rings is 1. The van der Waals surface area contributed by atoms with Crippen LogP contribution in [0.1, 0.15) is 16.4 Å². The number of nitrogens with one attached hydrogen (secondary N) is 1. The Bertz CT molecular complexity index is 1070. The lowest BCUT2D eigenvalue weighted by molar-refractivity contribution is -0.136. The van der Waals surface area contributed by atoms with Crippen molar-refractivity contribution in [1.29, 1.82) is 0 Å². The quantitative estimate of drug-likeness (QED) is 0.697. The molecule has 5 rings (SSSR count). The van der Waals surface area contributed by atoms with E-state index in [1.54, 1.807) is 4.90 Å². The topological polar surface area (TPSA) is 97.7 Å². The van der Waals surface area contributed by atoms with Crippen LogP contribution >= 0.6 is 23.1 Å². The molecule has 156 valence electrons. The summed E-state index contributed by atoms with van der Waals surface area (Å²) >= 11 is 2.28. The lowest BCUT2D eigenvalue weighted by Crippen LogP contribution is -2.43. The molecule has 30 heavy (non-hydrogen) atoms. The lowest BCUT2D eigenvalue weighted by atomic mass is 9.83. The Morgan fingerprint density at radius 3 is 2.57 bits per heavy atom. The SMILES string of the molecule is O=C1NC(=O)C2C1Sc1c(sc(=O)n1CC(=O)N1CCOCC1)[C@H]2c1ccccc1. The van der Waals surface area contributed by atoms with Crippen molar-refractivity contribution in [2.45, 2.75) is 22.7 Å². The van der Waals surface area contributed by atoms with Gasteiger partial charge < -0.3 is 9.64 Å². The van der Waals surface area contributed by atoms with Crippen LogP contribution in [0.3, 0.4) is 0 Å². The Morgan fingerprint density at radius 2 is 1.83 bits per heavy atom. The van der Waals surface area contributed by atoms with E-state index in [0.29, 0.717) is 31.3 Å². The molecule has 3 atom stereocenters. The molecule has 1 aromatic heterocycles. The van der Waals surface area contributed by atoms with Gasteiger partial charge in [-0.25, -0.2) is 0 Å². The van der Waals surface area contributed by atoms with Crippen LogP contribution in [-0.4, -0.2) is 58.7 Å². The van der Waals surface area contributed by atoms with E-state index in [1.807, 2.05) is 30.3 Å². The van der Waals surface area contributed by atoms with Crippen molar-refractivity contribution in [2.24, 2.45) is 5.92 Å². The van der Waals surface area contributed by atoms with E-state index in [9.17, 15) is 19.2 Å². The normalized spacial score (nSPS) is 25.6. The number of benzene rings is 1. The van der Waals surface area contributed by atoms with Gasteiger partial charge in [0.05, 0.1) is 24.2 Å². The molecule has 0 bridgehead atoms. The predicted molar refractivity (Wildman–Crippen MR) is 111 cm³/mol. The molecule has 3 aliphatic rings. The number of nitrogens with zero attached hydrogens (tertiary/aromatic N) is 2. The van der Waals surface area contributed by atoms with Crippen LogP contribution in [0.25, 0.3) is 0 Å². The average molecular weight is 446 g/mol.